The summed E-state index contributed by atoms with van der Waals surface area (Å²) in [6.07, 6.45) is -6.99. The number of ether oxygens (including phenoxy) is 1. The van der Waals surface area contributed by atoms with Crippen molar-refractivity contribution in [3.8, 4) is 0 Å². The van der Waals surface area contributed by atoms with Crippen LogP contribution in [0.25, 0.3) is 0 Å². The summed E-state index contributed by atoms with van der Waals surface area (Å²) in [4.78, 5) is 0. The molecule has 5 N–H and O–H groups in total. The molecule has 0 spiro atoms. The van der Waals surface area contributed by atoms with Crippen LogP contribution in [-0.2, 0) is 19.3 Å². The Labute approximate surface area is 116 Å². The fraction of sp³-hybridized carbons (Fsp3) is 1.00. The van der Waals surface area contributed by atoms with E-state index in [2.05, 4.69) is 4.18 Å². The average molecular weight is 316 g/mol. The van der Waals surface area contributed by atoms with Crippen LogP contribution >= 0.6 is 0 Å². The van der Waals surface area contributed by atoms with E-state index in [9.17, 15) is 23.7 Å². The molecule has 10 heteroatoms. The zero-order valence-electron chi connectivity index (χ0n) is 11.1. The van der Waals surface area contributed by atoms with Crippen LogP contribution in [0.1, 0.15) is 20.3 Å². The van der Waals surface area contributed by atoms with Crippen molar-refractivity contribution < 1.29 is 42.3 Å². The van der Waals surface area contributed by atoms with E-state index in [0.717, 1.165) is 0 Å². The first-order chi connectivity index (χ1) is 9.00. The van der Waals surface area contributed by atoms with Crippen molar-refractivity contribution in [1.29, 1.82) is 0 Å². The van der Waals surface area contributed by atoms with Crippen molar-refractivity contribution in [2.75, 3.05) is 6.61 Å². The number of rotatable bonds is 5. The van der Waals surface area contributed by atoms with Gasteiger partial charge in [-0.3, -0.25) is 4.55 Å². The molecular weight excluding hydrogens is 296 g/mol. The summed E-state index contributed by atoms with van der Waals surface area (Å²) in [5.41, 5.74) is 0. The summed E-state index contributed by atoms with van der Waals surface area (Å²) in [6.45, 7) is 2.69. The first-order valence-electron chi connectivity index (χ1n) is 6.03. The normalized spacial score (nSPS) is 39.2. The summed E-state index contributed by atoms with van der Waals surface area (Å²) in [5, 5.41) is 39.1. The molecule has 9 nitrogen and oxygen atoms in total. The first kappa shape index (κ1) is 17.7. The van der Waals surface area contributed by atoms with Gasteiger partial charge in [-0.1, -0.05) is 13.8 Å². The average Bonchev–Trinajstić information content (AvgIpc) is 2.27. The Hall–Kier alpha value is -0.330. The van der Waals surface area contributed by atoms with Crippen LogP contribution in [0, 0.1) is 5.92 Å². The van der Waals surface area contributed by atoms with Gasteiger partial charge in [0.1, 0.15) is 24.4 Å². The van der Waals surface area contributed by atoms with E-state index < -0.39 is 47.2 Å². The molecule has 0 aliphatic carbocycles. The Morgan fingerprint density at radius 1 is 1.35 bits per heavy atom. The quantitative estimate of drug-likeness (QED) is 0.363. The zero-order valence-corrected chi connectivity index (χ0v) is 11.9. The third-order valence-corrected chi connectivity index (χ3v) is 3.43. The maximum absolute atomic E-state index is 10.7. The van der Waals surface area contributed by atoms with E-state index in [4.69, 9.17) is 14.4 Å². The summed E-state index contributed by atoms with van der Waals surface area (Å²) < 4.78 is 39.4. The molecule has 1 aliphatic heterocycles. The van der Waals surface area contributed by atoms with Crippen LogP contribution in [0.3, 0.4) is 0 Å². The van der Waals surface area contributed by atoms with Crippen LogP contribution < -0.4 is 0 Å². The molecule has 5 atom stereocenters. The minimum atomic E-state index is -4.97. The fourth-order valence-electron chi connectivity index (χ4n) is 2.21. The van der Waals surface area contributed by atoms with E-state index in [1.54, 1.807) is 13.8 Å². The topological polar surface area (TPSA) is 154 Å². The highest BCUT2D eigenvalue weighted by Gasteiger charge is 2.55. The molecule has 0 aromatic carbocycles. The van der Waals surface area contributed by atoms with Crippen LogP contribution in [0.5, 0.6) is 0 Å². The monoisotopic (exact) mass is 316 g/mol. The van der Waals surface area contributed by atoms with E-state index in [1.165, 1.54) is 0 Å². The SMILES string of the molecule is CC(C)C[C@@]1(O)O[C@H](CO)[C@H](O)[C@H](OS(=O)(=O)O)[C@H]1O. The Kier molecular flexibility index (Phi) is 5.49. The lowest BCUT2D eigenvalue weighted by atomic mass is 9.88. The van der Waals surface area contributed by atoms with E-state index >= 15 is 0 Å². The molecule has 0 radical (unpaired) electrons. The largest absolute Gasteiger partial charge is 0.397 e. The highest BCUT2D eigenvalue weighted by molar-refractivity contribution is 7.80. The van der Waals surface area contributed by atoms with Gasteiger partial charge >= 0.3 is 10.4 Å². The van der Waals surface area contributed by atoms with Crippen molar-refractivity contribution in [2.24, 2.45) is 5.92 Å². The molecule has 0 aromatic rings. The Morgan fingerprint density at radius 2 is 1.90 bits per heavy atom. The second-order valence-electron chi connectivity index (χ2n) is 5.21. The maximum atomic E-state index is 10.7. The molecule has 1 rings (SSSR count). The van der Waals surface area contributed by atoms with Gasteiger partial charge in [-0.25, -0.2) is 4.18 Å². The van der Waals surface area contributed by atoms with Crippen LogP contribution in [-0.4, -0.2) is 70.2 Å². The van der Waals surface area contributed by atoms with Gasteiger partial charge in [0.15, 0.2) is 5.79 Å². The van der Waals surface area contributed by atoms with Crippen molar-refractivity contribution in [2.45, 2.75) is 50.5 Å². The van der Waals surface area contributed by atoms with Crippen molar-refractivity contribution in [3.63, 3.8) is 0 Å². The predicted octanol–water partition coefficient (Wildman–Crippen LogP) is -1.98. The molecule has 1 saturated heterocycles. The number of hydrogen-bond acceptors (Lipinski definition) is 8. The third kappa shape index (κ3) is 4.09. The van der Waals surface area contributed by atoms with Gasteiger partial charge in [-0.15, -0.1) is 0 Å². The molecule has 0 saturated carbocycles. The highest BCUT2D eigenvalue weighted by Crippen LogP contribution is 2.34. The molecule has 0 unspecified atom stereocenters. The minimum absolute atomic E-state index is 0.0945. The molecule has 0 aromatic heterocycles. The Bertz CT molecular complexity index is 422. The third-order valence-electron chi connectivity index (χ3n) is 2.96. The number of aliphatic hydroxyl groups is 4. The minimum Gasteiger partial charge on any atom is -0.394 e. The molecule has 120 valence electrons. The van der Waals surface area contributed by atoms with Crippen molar-refractivity contribution >= 4 is 10.4 Å². The van der Waals surface area contributed by atoms with Crippen LogP contribution in [0.15, 0.2) is 0 Å². The summed E-state index contributed by atoms with van der Waals surface area (Å²) in [6, 6.07) is 0. The standard InChI is InChI=1S/C10H20O9S/c1-5(2)3-10(14)9(13)8(19-20(15,16)17)7(12)6(4-11)18-10/h5-9,11-14H,3-4H2,1-2H3,(H,15,16,17)/t6-,7+,8+,9-,10-/m1/s1. The van der Waals surface area contributed by atoms with Crippen molar-refractivity contribution in [3.05, 3.63) is 0 Å². The van der Waals surface area contributed by atoms with E-state index in [-0.39, 0.29) is 12.3 Å². The molecule has 20 heavy (non-hydrogen) atoms. The number of aliphatic hydroxyl groups excluding tert-OH is 3. The molecule has 0 amide bonds. The lowest BCUT2D eigenvalue weighted by Gasteiger charge is -2.46. The molecular formula is C10H20O9S. The van der Waals surface area contributed by atoms with Crippen LogP contribution in [0.4, 0.5) is 0 Å². The molecule has 1 fully saturated rings. The van der Waals surface area contributed by atoms with Crippen molar-refractivity contribution in [1.82, 2.24) is 0 Å². The maximum Gasteiger partial charge on any atom is 0.397 e. The lowest BCUT2D eigenvalue weighted by Crippen LogP contribution is -2.66. The van der Waals surface area contributed by atoms with Gasteiger partial charge in [-0.05, 0) is 5.92 Å². The van der Waals surface area contributed by atoms with Gasteiger partial charge in [0.25, 0.3) is 0 Å². The molecule has 0 bridgehead atoms. The summed E-state index contributed by atoms with van der Waals surface area (Å²) in [7, 11) is -4.97. The Morgan fingerprint density at radius 3 is 2.30 bits per heavy atom. The summed E-state index contributed by atoms with van der Waals surface area (Å²) >= 11 is 0. The lowest BCUT2D eigenvalue weighted by molar-refractivity contribution is -0.350. The number of hydrogen-bond donors (Lipinski definition) is 5. The second-order valence-corrected chi connectivity index (χ2v) is 6.25. The zero-order chi connectivity index (χ0) is 15.7. The van der Waals surface area contributed by atoms with Gasteiger partial charge in [0, 0.05) is 6.42 Å². The predicted molar refractivity (Wildman–Crippen MR) is 64.8 cm³/mol. The molecule has 1 heterocycles. The second kappa shape index (κ2) is 6.20. The smallest absolute Gasteiger partial charge is 0.394 e. The first-order valence-corrected chi connectivity index (χ1v) is 7.39. The Balaban J connectivity index is 3.07. The van der Waals surface area contributed by atoms with Gasteiger partial charge in [0.05, 0.1) is 6.61 Å². The fourth-order valence-corrected chi connectivity index (χ4v) is 2.71. The summed E-state index contributed by atoms with van der Waals surface area (Å²) in [5.74, 6) is -2.36. The van der Waals surface area contributed by atoms with E-state index in [1.807, 2.05) is 0 Å². The highest BCUT2D eigenvalue weighted by atomic mass is 32.3. The van der Waals surface area contributed by atoms with Gasteiger partial charge in [-0.2, -0.15) is 8.42 Å². The van der Waals surface area contributed by atoms with Crippen LogP contribution in [0.2, 0.25) is 0 Å². The van der Waals surface area contributed by atoms with Gasteiger partial charge in [0.2, 0.25) is 0 Å². The molecule has 1 aliphatic rings. The van der Waals surface area contributed by atoms with E-state index in [0.29, 0.717) is 0 Å². The van der Waals surface area contributed by atoms with Gasteiger partial charge < -0.3 is 25.2 Å².